The van der Waals surface area contributed by atoms with Gasteiger partial charge in [-0.2, -0.15) is 0 Å². The van der Waals surface area contributed by atoms with Gasteiger partial charge in [-0.05, 0) is 69.7 Å². The van der Waals surface area contributed by atoms with Crippen LogP contribution >= 0.6 is 0 Å². The van der Waals surface area contributed by atoms with E-state index in [1.54, 1.807) is 45.0 Å². The summed E-state index contributed by atoms with van der Waals surface area (Å²) < 4.78 is 10.4. The Labute approximate surface area is 186 Å². The van der Waals surface area contributed by atoms with Crippen molar-refractivity contribution < 1.29 is 28.7 Å². The maximum Gasteiger partial charge on any atom is 0.407 e. The van der Waals surface area contributed by atoms with Crippen molar-refractivity contribution in [3.05, 3.63) is 65.2 Å². The number of benzene rings is 2. The summed E-state index contributed by atoms with van der Waals surface area (Å²) in [6, 6.07) is 12.4. The van der Waals surface area contributed by atoms with Gasteiger partial charge in [0.15, 0.2) is 6.10 Å². The van der Waals surface area contributed by atoms with E-state index in [1.807, 2.05) is 0 Å². The van der Waals surface area contributed by atoms with Gasteiger partial charge in [0.25, 0.3) is 5.91 Å². The average Bonchev–Trinajstić information content (AvgIpc) is 2.71. The molecule has 1 atom stereocenters. The standard InChI is InChI=1S/C23H27N3O6/c1-14(20(28)26-18-11-9-16(10-12-18)19(24)27)31-21(29)17-7-5-15(6-8-17)13-25-22(30)32-23(2,3)4/h5-12,14H,13H2,1-4H3,(H2,24,27)(H,25,30)(H,26,28). The van der Waals surface area contributed by atoms with Gasteiger partial charge in [-0.3, -0.25) is 9.59 Å². The number of hydrogen-bond acceptors (Lipinski definition) is 6. The molecule has 9 heteroatoms. The Hall–Kier alpha value is -3.88. The van der Waals surface area contributed by atoms with Gasteiger partial charge in [0.1, 0.15) is 5.60 Å². The maximum absolute atomic E-state index is 12.3. The molecule has 9 nitrogen and oxygen atoms in total. The molecule has 0 aliphatic rings. The van der Waals surface area contributed by atoms with Crippen molar-refractivity contribution in [1.29, 1.82) is 0 Å². The first-order chi connectivity index (χ1) is 14.9. The van der Waals surface area contributed by atoms with E-state index in [1.165, 1.54) is 31.2 Å². The molecular formula is C23H27N3O6. The third kappa shape index (κ3) is 7.75. The minimum atomic E-state index is -1.05. The number of alkyl carbamates (subject to hydrolysis) is 1. The molecule has 0 spiro atoms. The highest BCUT2D eigenvalue weighted by Gasteiger charge is 2.19. The molecule has 32 heavy (non-hydrogen) atoms. The van der Waals surface area contributed by atoms with Crippen molar-refractivity contribution in [1.82, 2.24) is 5.32 Å². The highest BCUT2D eigenvalue weighted by molar-refractivity contribution is 5.98. The number of hydrogen-bond donors (Lipinski definition) is 3. The Bertz CT molecular complexity index is 978. The van der Waals surface area contributed by atoms with Crippen LogP contribution < -0.4 is 16.4 Å². The van der Waals surface area contributed by atoms with Crippen LogP contribution in [0.3, 0.4) is 0 Å². The number of primary amides is 1. The Balaban J connectivity index is 1.86. The average molecular weight is 441 g/mol. The zero-order chi connectivity index (χ0) is 23.9. The molecule has 0 heterocycles. The SMILES string of the molecule is CC(OC(=O)c1ccc(CNC(=O)OC(C)(C)C)cc1)C(=O)Nc1ccc(C(N)=O)cc1. The fourth-order valence-corrected chi connectivity index (χ4v) is 2.49. The minimum Gasteiger partial charge on any atom is -0.449 e. The monoisotopic (exact) mass is 441 g/mol. The summed E-state index contributed by atoms with van der Waals surface area (Å²) in [4.78, 5) is 47.4. The third-order valence-corrected chi connectivity index (χ3v) is 4.12. The lowest BCUT2D eigenvalue weighted by molar-refractivity contribution is -0.123. The van der Waals surface area contributed by atoms with Crippen LogP contribution in [0.15, 0.2) is 48.5 Å². The van der Waals surface area contributed by atoms with Crippen molar-refractivity contribution in [3.8, 4) is 0 Å². The van der Waals surface area contributed by atoms with E-state index < -0.39 is 35.6 Å². The number of esters is 1. The maximum atomic E-state index is 12.3. The smallest absolute Gasteiger partial charge is 0.407 e. The Morgan fingerprint density at radius 3 is 2.03 bits per heavy atom. The number of anilines is 1. The summed E-state index contributed by atoms with van der Waals surface area (Å²) in [5.41, 5.74) is 6.36. The molecule has 0 saturated heterocycles. The van der Waals surface area contributed by atoms with Crippen LogP contribution in [0.4, 0.5) is 10.5 Å². The van der Waals surface area contributed by atoms with Gasteiger partial charge >= 0.3 is 12.1 Å². The second-order valence-electron chi connectivity index (χ2n) is 8.03. The number of amides is 3. The second-order valence-corrected chi connectivity index (χ2v) is 8.03. The lowest BCUT2D eigenvalue weighted by Gasteiger charge is -2.19. The van der Waals surface area contributed by atoms with Crippen molar-refractivity contribution in [3.63, 3.8) is 0 Å². The second kappa shape index (κ2) is 10.4. The first-order valence-corrected chi connectivity index (χ1v) is 9.92. The van der Waals surface area contributed by atoms with E-state index in [4.69, 9.17) is 15.2 Å². The molecule has 2 aromatic carbocycles. The summed E-state index contributed by atoms with van der Waals surface area (Å²) in [6.45, 7) is 7.00. The van der Waals surface area contributed by atoms with Crippen LogP contribution in [-0.2, 0) is 20.8 Å². The van der Waals surface area contributed by atoms with Crippen LogP contribution in [0.5, 0.6) is 0 Å². The van der Waals surface area contributed by atoms with Gasteiger partial charge in [0.2, 0.25) is 5.91 Å². The molecular weight excluding hydrogens is 414 g/mol. The minimum absolute atomic E-state index is 0.234. The third-order valence-electron chi connectivity index (χ3n) is 4.12. The Kier molecular flexibility index (Phi) is 7.95. The summed E-state index contributed by atoms with van der Waals surface area (Å²) in [6.07, 6.45) is -1.59. The van der Waals surface area contributed by atoms with Crippen LogP contribution in [-0.4, -0.2) is 35.6 Å². The van der Waals surface area contributed by atoms with Gasteiger partial charge in [0, 0.05) is 17.8 Å². The van der Waals surface area contributed by atoms with Gasteiger partial charge in [-0.15, -0.1) is 0 Å². The van der Waals surface area contributed by atoms with E-state index in [9.17, 15) is 19.2 Å². The molecule has 0 radical (unpaired) electrons. The molecule has 2 rings (SSSR count). The molecule has 1 unspecified atom stereocenters. The summed E-state index contributed by atoms with van der Waals surface area (Å²) >= 11 is 0. The topological polar surface area (TPSA) is 137 Å². The quantitative estimate of drug-likeness (QED) is 0.565. The highest BCUT2D eigenvalue weighted by atomic mass is 16.6. The largest absolute Gasteiger partial charge is 0.449 e. The van der Waals surface area contributed by atoms with Gasteiger partial charge in [-0.25, -0.2) is 9.59 Å². The van der Waals surface area contributed by atoms with Crippen LogP contribution in [0.1, 0.15) is 54.0 Å². The molecule has 0 aromatic heterocycles. The number of carbonyl (C=O) groups excluding carboxylic acids is 4. The van der Waals surface area contributed by atoms with Crippen LogP contribution in [0.2, 0.25) is 0 Å². The van der Waals surface area contributed by atoms with Gasteiger partial charge in [-0.1, -0.05) is 12.1 Å². The van der Waals surface area contributed by atoms with E-state index in [2.05, 4.69) is 10.6 Å². The van der Waals surface area contributed by atoms with Crippen LogP contribution in [0, 0.1) is 0 Å². The summed E-state index contributed by atoms with van der Waals surface area (Å²) in [5.74, 6) is -1.76. The van der Waals surface area contributed by atoms with E-state index in [0.717, 1.165) is 5.56 Å². The zero-order valence-electron chi connectivity index (χ0n) is 18.4. The predicted molar refractivity (Wildman–Crippen MR) is 118 cm³/mol. The summed E-state index contributed by atoms with van der Waals surface area (Å²) in [5, 5.41) is 5.22. The molecule has 2 aromatic rings. The fraction of sp³-hybridized carbons (Fsp3) is 0.304. The predicted octanol–water partition coefficient (Wildman–Crippen LogP) is 2.99. The van der Waals surface area contributed by atoms with Gasteiger partial charge in [0.05, 0.1) is 5.56 Å². The van der Waals surface area contributed by atoms with Crippen molar-refractivity contribution in [2.24, 2.45) is 5.73 Å². The molecule has 3 amide bonds. The molecule has 0 bridgehead atoms. The molecule has 0 saturated carbocycles. The van der Waals surface area contributed by atoms with E-state index >= 15 is 0 Å². The number of rotatable bonds is 7. The van der Waals surface area contributed by atoms with Crippen LogP contribution in [0.25, 0.3) is 0 Å². The highest BCUT2D eigenvalue weighted by Crippen LogP contribution is 2.12. The van der Waals surface area contributed by atoms with Crippen molar-refractivity contribution >= 4 is 29.6 Å². The van der Waals surface area contributed by atoms with Crippen molar-refractivity contribution in [2.75, 3.05) is 5.32 Å². The first kappa shape index (κ1) is 24.4. The normalized spacial score (nSPS) is 11.8. The number of nitrogens with two attached hydrogens (primary N) is 1. The molecule has 170 valence electrons. The molecule has 0 aliphatic carbocycles. The summed E-state index contributed by atoms with van der Waals surface area (Å²) in [7, 11) is 0. The number of ether oxygens (including phenoxy) is 2. The van der Waals surface area contributed by atoms with E-state index in [-0.39, 0.29) is 12.1 Å². The molecule has 0 fully saturated rings. The number of carbonyl (C=O) groups is 4. The lowest BCUT2D eigenvalue weighted by Crippen LogP contribution is -2.32. The van der Waals surface area contributed by atoms with Gasteiger partial charge < -0.3 is 25.8 Å². The molecule has 4 N–H and O–H groups in total. The van der Waals surface area contributed by atoms with Crippen molar-refractivity contribution in [2.45, 2.75) is 45.9 Å². The molecule has 0 aliphatic heterocycles. The number of nitrogens with one attached hydrogen (secondary N) is 2. The first-order valence-electron chi connectivity index (χ1n) is 9.92. The Morgan fingerprint density at radius 2 is 1.50 bits per heavy atom. The lowest BCUT2D eigenvalue weighted by atomic mass is 10.1. The van der Waals surface area contributed by atoms with E-state index in [0.29, 0.717) is 11.3 Å². The fourth-order valence-electron chi connectivity index (χ4n) is 2.49. The zero-order valence-corrected chi connectivity index (χ0v) is 18.4. The Morgan fingerprint density at radius 1 is 0.938 bits per heavy atom.